The summed E-state index contributed by atoms with van der Waals surface area (Å²) in [5, 5.41) is 12.4. The molecule has 0 spiro atoms. The summed E-state index contributed by atoms with van der Waals surface area (Å²) in [5.74, 6) is -0.335. The van der Waals surface area contributed by atoms with E-state index in [4.69, 9.17) is 19.2 Å². The topological polar surface area (TPSA) is 126 Å². The lowest BCUT2D eigenvalue weighted by molar-refractivity contribution is -0.385. The summed E-state index contributed by atoms with van der Waals surface area (Å²) >= 11 is 1.14. The van der Waals surface area contributed by atoms with Crippen molar-refractivity contribution in [3.8, 4) is 11.5 Å². The Labute approximate surface area is 263 Å². The molecule has 232 valence electrons. The van der Waals surface area contributed by atoms with E-state index in [-0.39, 0.29) is 52.8 Å². The molecule has 4 aromatic rings. The number of thiazole rings is 1. The van der Waals surface area contributed by atoms with Gasteiger partial charge in [-0.15, -0.1) is 0 Å². The molecule has 0 N–H and O–H groups in total. The maximum absolute atomic E-state index is 13.6. The van der Waals surface area contributed by atoms with Crippen LogP contribution in [-0.2, 0) is 16.1 Å². The molecule has 0 amide bonds. The summed E-state index contributed by atoms with van der Waals surface area (Å²) < 4.78 is 18.6. The number of esters is 1. The number of benzene rings is 3. The maximum Gasteiger partial charge on any atom is 0.338 e. The van der Waals surface area contributed by atoms with E-state index in [1.165, 1.54) is 23.8 Å². The Morgan fingerprint density at radius 1 is 1.11 bits per heavy atom. The van der Waals surface area contributed by atoms with Crippen LogP contribution in [0, 0.1) is 10.1 Å². The van der Waals surface area contributed by atoms with E-state index < -0.39 is 16.9 Å². The number of fused-ring (bicyclic) bond motifs is 1. The van der Waals surface area contributed by atoms with Crippen molar-refractivity contribution in [3.05, 3.63) is 119 Å². The van der Waals surface area contributed by atoms with Crippen molar-refractivity contribution in [3.63, 3.8) is 0 Å². The molecule has 11 nitrogen and oxygen atoms in total. The number of aromatic nitrogens is 1. The van der Waals surface area contributed by atoms with Crippen molar-refractivity contribution in [1.29, 1.82) is 0 Å². The Bertz CT molecular complexity index is 1960. The molecule has 45 heavy (non-hydrogen) atoms. The van der Waals surface area contributed by atoms with Crippen LogP contribution in [-0.4, -0.2) is 43.3 Å². The second-order valence-corrected chi connectivity index (χ2v) is 11.4. The lowest BCUT2D eigenvalue weighted by Gasteiger charge is -2.23. The Kier molecular flexibility index (Phi) is 9.14. The largest absolute Gasteiger partial charge is 0.493 e. The molecule has 3 aromatic carbocycles. The van der Waals surface area contributed by atoms with Gasteiger partial charge in [0.15, 0.2) is 16.3 Å². The lowest BCUT2D eigenvalue weighted by atomic mass is 9.94. The highest BCUT2D eigenvalue weighted by molar-refractivity contribution is 7.07. The molecule has 1 aliphatic rings. The summed E-state index contributed by atoms with van der Waals surface area (Å²) in [5.41, 5.74) is 2.43. The van der Waals surface area contributed by atoms with Crippen LogP contribution in [0.15, 0.2) is 82.1 Å². The van der Waals surface area contributed by atoms with E-state index >= 15 is 0 Å². The van der Waals surface area contributed by atoms with E-state index in [1.54, 1.807) is 19.9 Å². The lowest BCUT2D eigenvalue weighted by Crippen LogP contribution is -2.35. The van der Waals surface area contributed by atoms with Gasteiger partial charge in [0.1, 0.15) is 12.6 Å². The minimum atomic E-state index is -1.15. The van der Waals surface area contributed by atoms with Crippen LogP contribution in [0.1, 0.15) is 36.6 Å². The summed E-state index contributed by atoms with van der Waals surface area (Å²) in [6.07, 6.45) is 1.75. The molecule has 1 atom stereocenters. The number of nitro groups is 1. The number of rotatable bonds is 10. The summed E-state index contributed by atoms with van der Waals surface area (Å²) in [6.45, 7) is 3.49. The zero-order chi connectivity index (χ0) is 32.2. The fourth-order valence-electron chi connectivity index (χ4n) is 5.01. The minimum Gasteiger partial charge on any atom is -0.493 e. The maximum atomic E-state index is 13.6. The Morgan fingerprint density at radius 2 is 1.82 bits per heavy atom. The van der Waals surface area contributed by atoms with Crippen LogP contribution in [0.2, 0.25) is 0 Å². The number of ether oxygens (including phenoxy) is 3. The highest BCUT2D eigenvalue weighted by atomic mass is 32.1. The van der Waals surface area contributed by atoms with E-state index in [9.17, 15) is 19.7 Å². The van der Waals surface area contributed by atoms with Gasteiger partial charge < -0.3 is 19.1 Å². The molecular formula is C33H32N4O7S. The normalized spacial score (nSPS) is 14.4. The monoisotopic (exact) mass is 628 g/mol. The zero-order valence-electron chi connectivity index (χ0n) is 25.5. The number of nitro benzene ring substituents is 1. The number of carbonyl (C=O) groups excluding carboxylic acids is 1. The number of anilines is 1. The van der Waals surface area contributed by atoms with Gasteiger partial charge in [0.05, 0.1) is 40.4 Å². The number of allylic oxidation sites excluding steroid dienone is 1. The second-order valence-electron chi connectivity index (χ2n) is 10.4. The molecule has 2 heterocycles. The highest BCUT2D eigenvalue weighted by Gasteiger charge is 2.36. The predicted molar refractivity (Wildman–Crippen MR) is 172 cm³/mol. The molecule has 0 aliphatic carbocycles. The highest BCUT2D eigenvalue weighted by Crippen LogP contribution is 2.43. The van der Waals surface area contributed by atoms with Gasteiger partial charge in [0, 0.05) is 25.5 Å². The third kappa shape index (κ3) is 6.36. The van der Waals surface area contributed by atoms with E-state index in [0.717, 1.165) is 28.2 Å². The van der Waals surface area contributed by atoms with Gasteiger partial charge in [-0.3, -0.25) is 19.5 Å². The van der Waals surface area contributed by atoms with Crippen LogP contribution in [0.25, 0.3) is 11.8 Å². The standard InChI is InChI=1S/C33H32N4O7S/c1-6-43-32(39)29-20(2)36-31(38)28(16-21-12-14-23(15-13-21)35(3)4)45-33(36)34-30(29)24-17-26(42-5)27(18-25(24)37(40)41)44-19-22-10-8-7-9-11-22/h7-18,30H,6,19H2,1-5H3/b28-16-/t30-/m1/s1. The quantitative estimate of drug-likeness (QED) is 0.143. The Morgan fingerprint density at radius 3 is 2.44 bits per heavy atom. The van der Waals surface area contributed by atoms with Gasteiger partial charge in [-0.1, -0.05) is 53.8 Å². The molecule has 1 aliphatic heterocycles. The number of hydrogen-bond acceptors (Lipinski definition) is 10. The SMILES string of the molecule is CCOC(=O)C1=C(C)n2c(s/c(=C\c3ccc(N(C)C)cc3)c2=O)=N[C@@H]1c1cc(OC)c(OCc2ccccc2)cc1[N+](=O)[O-]. The Hall–Kier alpha value is -5.23. The fraction of sp³-hybridized carbons (Fsp3) is 0.242. The van der Waals surface area contributed by atoms with Crippen LogP contribution in [0.3, 0.4) is 0 Å². The van der Waals surface area contributed by atoms with Crippen molar-refractivity contribution in [1.82, 2.24) is 4.57 Å². The number of carbonyl (C=O) groups is 1. The predicted octanol–water partition coefficient (Wildman–Crippen LogP) is 4.47. The van der Waals surface area contributed by atoms with Crippen molar-refractivity contribution in [2.75, 3.05) is 32.7 Å². The van der Waals surface area contributed by atoms with Crippen molar-refractivity contribution < 1.29 is 23.9 Å². The summed E-state index contributed by atoms with van der Waals surface area (Å²) in [7, 11) is 5.31. The molecule has 0 fully saturated rings. The smallest absolute Gasteiger partial charge is 0.338 e. The summed E-state index contributed by atoms with van der Waals surface area (Å²) in [4.78, 5) is 45.9. The van der Waals surface area contributed by atoms with Gasteiger partial charge in [-0.2, -0.15) is 0 Å². The molecule has 0 radical (unpaired) electrons. The van der Waals surface area contributed by atoms with E-state index in [1.807, 2.05) is 73.6 Å². The van der Waals surface area contributed by atoms with Crippen LogP contribution >= 0.6 is 11.3 Å². The molecule has 0 saturated heterocycles. The van der Waals surface area contributed by atoms with Gasteiger partial charge in [-0.05, 0) is 49.2 Å². The molecule has 0 saturated carbocycles. The van der Waals surface area contributed by atoms with E-state index in [0.29, 0.717) is 9.33 Å². The molecule has 0 unspecified atom stereocenters. The van der Waals surface area contributed by atoms with Crippen molar-refractivity contribution >= 4 is 40.5 Å². The third-order valence-electron chi connectivity index (χ3n) is 7.29. The molecule has 1 aromatic heterocycles. The van der Waals surface area contributed by atoms with Gasteiger partial charge in [0.2, 0.25) is 0 Å². The minimum absolute atomic E-state index is 0.0224. The molecular weight excluding hydrogens is 596 g/mol. The van der Waals surface area contributed by atoms with Gasteiger partial charge >= 0.3 is 5.97 Å². The van der Waals surface area contributed by atoms with Gasteiger partial charge in [0.25, 0.3) is 11.2 Å². The first-order chi connectivity index (χ1) is 21.6. The van der Waals surface area contributed by atoms with Gasteiger partial charge in [-0.25, -0.2) is 9.79 Å². The van der Waals surface area contributed by atoms with Crippen molar-refractivity contribution in [2.45, 2.75) is 26.5 Å². The second kappa shape index (κ2) is 13.2. The van der Waals surface area contributed by atoms with Crippen LogP contribution < -0.4 is 29.3 Å². The summed E-state index contributed by atoms with van der Waals surface area (Å²) in [6, 6.07) is 18.7. The number of methoxy groups -OCH3 is 1. The Balaban J connectivity index is 1.66. The molecule has 0 bridgehead atoms. The first-order valence-corrected chi connectivity index (χ1v) is 14.9. The number of hydrogen-bond donors (Lipinski definition) is 0. The first kappa shape index (κ1) is 31.2. The van der Waals surface area contributed by atoms with Crippen LogP contribution in [0.5, 0.6) is 11.5 Å². The first-order valence-electron chi connectivity index (χ1n) is 14.1. The van der Waals surface area contributed by atoms with Crippen LogP contribution in [0.4, 0.5) is 11.4 Å². The van der Waals surface area contributed by atoms with E-state index in [2.05, 4.69) is 0 Å². The average Bonchev–Trinajstić information content (AvgIpc) is 3.34. The molecule has 12 heteroatoms. The fourth-order valence-corrected chi connectivity index (χ4v) is 6.05. The third-order valence-corrected chi connectivity index (χ3v) is 8.27. The van der Waals surface area contributed by atoms with Crippen molar-refractivity contribution in [2.24, 2.45) is 4.99 Å². The zero-order valence-corrected chi connectivity index (χ0v) is 26.3. The average molecular weight is 629 g/mol. The molecule has 5 rings (SSSR count). The number of nitrogens with zero attached hydrogens (tertiary/aromatic N) is 4.